The summed E-state index contributed by atoms with van der Waals surface area (Å²) < 4.78 is 43.9. The fourth-order valence-corrected chi connectivity index (χ4v) is 2.13. The van der Waals surface area contributed by atoms with Crippen LogP contribution in [0, 0.1) is 0 Å². The SMILES string of the molecule is O=C(Nc1ccncc1)c1cccnc1Oc1cccc(C(F)(F)F)c1. The largest absolute Gasteiger partial charge is 0.438 e. The van der Waals surface area contributed by atoms with E-state index in [-0.39, 0.29) is 17.2 Å². The third-order valence-electron chi connectivity index (χ3n) is 3.33. The second kappa shape index (κ2) is 7.22. The molecule has 0 saturated carbocycles. The Hall–Kier alpha value is -3.42. The van der Waals surface area contributed by atoms with Crippen LogP contribution < -0.4 is 10.1 Å². The number of benzene rings is 1. The fourth-order valence-electron chi connectivity index (χ4n) is 2.13. The van der Waals surface area contributed by atoms with Crippen LogP contribution in [0.2, 0.25) is 0 Å². The molecule has 0 spiro atoms. The van der Waals surface area contributed by atoms with Crippen molar-refractivity contribution in [3.8, 4) is 11.6 Å². The second-order valence-electron chi connectivity index (χ2n) is 5.17. The molecule has 1 aromatic carbocycles. The van der Waals surface area contributed by atoms with Gasteiger partial charge in [0.1, 0.15) is 11.3 Å². The molecular formula is C18H12F3N3O2. The molecule has 0 aliphatic heterocycles. The number of aromatic nitrogens is 2. The number of halogens is 3. The molecule has 0 atom stereocenters. The third kappa shape index (κ3) is 4.15. The van der Waals surface area contributed by atoms with Gasteiger partial charge in [0, 0.05) is 24.3 Å². The number of alkyl halides is 3. The first-order valence-corrected chi connectivity index (χ1v) is 7.45. The summed E-state index contributed by atoms with van der Waals surface area (Å²) in [6.07, 6.45) is -0.0883. The van der Waals surface area contributed by atoms with Crippen LogP contribution in [0.5, 0.6) is 11.6 Å². The van der Waals surface area contributed by atoms with Gasteiger partial charge in [-0.2, -0.15) is 13.2 Å². The first kappa shape index (κ1) is 17.4. The number of anilines is 1. The zero-order valence-electron chi connectivity index (χ0n) is 13.2. The van der Waals surface area contributed by atoms with E-state index in [4.69, 9.17) is 4.74 Å². The van der Waals surface area contributed by atoms with Crippen molar-refractivity contribution in [1.29, 1.82) is 0 Å². The Kier molecular flexibility index (Phi) is 4.83. The molecular weight excluding hydrogens is 347 g/mol. The number of carbonyl (C=O) groups excluding carboxylic acids is 1. The van der Waals surface area contributed by atoms with Gasteiger partial charge in [0.15, 0.2) is 0 Å². The summed E-state index contributed by atoms with van der Waals surface area (Å²) in [4.78, 5) is 20.2. The van der Waals surface area contributed by atoms with Gasteiger partial charge in [-0.3, -0.25) is 9.78 Å². The molecule has 0 fully saturated rings. The fraction of sp³-hybridized carbons (Fsp3) is 0.0556. The zero-order chi connectivity index (χ0) is 18.6. The van der Waals surface area contributed by atoms with Crippen molar-refractivity contribution in [1.82, 2.24) is 9.97 Å². The lowest BCUT2D eigenvalue weighted by molar-refractivity contribution is -0.137. The molecule has 0 bridgehead atoms. The summed E-state index contributed by atoms with van der Waals surface area (Å²) in [7, 11) is 0. The van der Waals surface area contributed by atoms with Gasteiger partial charge in [-0.05, 0) is 42.5 Å². The lowest BCUT2D eigenvalue weighted by Gasteiger charge is -2.12. The second-order valence-corrected chi connectivity index (χ2v) is 5.17. The van der Waals surface area contributed by atoms with Gasteiger partial charge in [-0.15, -0.1) is 0 Å². The molecule has 0 aliphatic carbocycles. The van der Waals surface area contributed by atoms with Crippen LogP contribution >= 0.6 is 0 Å². The number of nitrogens with one attached hydrogen (secondary N) is 1. The Labute approximate surface area is 146 Å². The van der Waals surface area contributed by atoms with Crippen LogP contribution in [0.4, 0.5) is 18.9 Å². The smallest absolute Gasteiger partial charge is 0.416 e. The molecule has 0 radical (unpaired) electrons. The summed E-state index contributed by atoms with van der Waals surface area (Å²) >= 11 is 0. The van der Waals surface area contributed by atoms with Crippen molar-refractivity contribution in [3.05, 3.63) is 78.2 Å². The number of amides is 1. The van der Waals surface area contributed by atoms with E-state index in [1.165, 1.54) is 42.9 Å². The first-order valence-electron chi connectivity index (χ1n) is 7.45. The number of hydrogen-bond donors (Lipinski definition) is 1. The Bertz CT molecular complexity index is 915. The van der Waals surface area contributed by atoms with Crippen LogP contribution in [-0.2, 0) is 6.18 Å². The molecule has 1 amide bonds. The molecule has 132 valence electrons. The zero-order valence-corrected chi connectivity index (χ0v) is 13.2. The molecule has 3 aromatic rings. The first-order chi connectivity index (χ1) is 12.4. The minimum atomic E-state index is -4.50. The Morgan fingerprint density at radius 2 is 1.77 bits per heavy atom. The maximum absolute atomic E-state index is 12.8. The maximum atomic E-state index is 12.8. The van der Waals surface area contributed by atoms with Crippen molar-refractivity contribution < 1.29 is 22.7 Å². The molecule has 0 aliphatic rings. The molecule has 3 rings (SSSR count). The average Bonchev–Trinajstić information content (AvgIpc) is 2.62. The number of nitrogens with zero attached hydrogens (tertiary/aromatic N) is 2. The molecule has 0 saturated heterocycles. The van der Waals surface area contributed by atoms with Crippen molar-refractivity contribution in [3.63, 3.8) is 0 Å². The van der Waals surface area contributed by atoms with Crippen molar-refractivity contribution >= 4 is 11.6 Å². The third-order valence-corrected chi connectivity index (χ3v) is 3.33. The van der Waals surface area contributed by atoms with Crippen molar-refractivity contribution in [2.24, 2.45) is 0 Å². The highest BCUT2D eigenvalue weighted by Crippen LogP contribution is 2.33. The molecule has 26 heavy (non-hydrogen) atoms. The summed E-state index contributed by atoms with van der Waals surface area (Å²) in [5.41, 5.74) is -0.255. The highest BCUT2D eigenvalue weighted by atomic mass is 19.4. The molecule has 8 heteroatoms. The van der Waals surface area contributed by atoms with Crippen LogP contribution in [0.25, 0.3) is 0 Å². The van der Waals surface area contributed by atoms with Gasteiger partial charge in [0.25, 0.3) is 5.91 Å². The van der Waals surface area contributed by atoms with Crippen LogP contribution in [-0.4, -0.2) is 15.9 Å². The minimum absolute atomic E-state index is 0.0727. The highest BCUT2D eigenvalue weighted by Gasteiger charge is 2.30. The summed E-state index contributed by atoms with van der Waals surface area (Å²) in [5.74, 6) is -0.679. The Morgan fingerprint density at radius 3 is 2.50 bits per heavy atom. The summed E-state index contributed by atoms with van der Waals surface area (Å²) in [6, 6.07) is 10.5. The summed E-state index contributed by atoms with van der Waals surface area (Å²) in [5, 5.41) is 2.64. The number of rotatable bonds is 4. The predicted molar refractivity (Wildman–Crippen MR) is 87.9 cm³/mol. The molecule has 0 unspecified atom stereocenters. The topological polar surface area (TPSA) is 64.1 Å². The lowest BCUT2D eigenvalue weighted by Crippen LogP contribution is -2.13. The van der Waals surface area contributed by atoms with E-state index in [1.54, 1.807) is 12.1 Å². The average molecular weight is 359 g/mol. The summed E-state index contributed by atoms with van der Waals surface area (Å²) in [6.45, 7) is 0. The number of carbonyl (C=O) groups is 1. The van der Waals surface area contributed by atoms with E-state index in [0.717, 1.165) is 12.1 Å². The monoisotopic (exact) mass is 359 g/mol. The van der Waals surface area contributed by atoms with E-state index in [9.17, 15) is 18.0 Å². The van der Waals surface area contributed by atoms with Crippen LogP contribution in [0.15, 0.2) is 67.1 Å². The van der Waals surface area contributed by atoms with E-state index in [2.05, 4.69) is 15.3 Å². The molecule has 2 heterocycles. The minimum Gasteiger partial charge on any atom is -0.438 e. The quantitative estimate of drug-likeness (QED) is 0.743. The van der Waals surface area contributed by atoms with Gasteiger partial charge in [-0.1, -0.05) is 6.07 Å². The highest BCUT2D eigenvalue weighted by molar-refractivity contribution is 6.05. The van der Waals surface area contributed by atoms with E-state index in [1.807, 2.05) is 0 Å². The van der Waals surface area contributed by atoms with Crippen LogP contribution in [0.1, 0.15) is 15.9 Å². The molecule has 2 aromatic heterocycles. The van der Waals surface area contributed by atoms with Gasteiger partial charge < -0.3 is 10.1 Å². The van der Waals surface area contributed by atoms with Gasteiger partial charge in [0.05, 0.1) is 5.56 Å². The van der Waals surface area contributed by atoms with Gasteiger partial charge >= 0.3 is 6.18 Å². The van der Waals surface area contributed by atoms with Gasteiger partial charge in [0.2, 0.25) is 5.88 Å². The Morgan fingerprint density at radius 1 is 1.00 bits per heavy atom. The standard InChI is InChI=1S/C18H12F3N3O2/c19-18(20,21)12-3-1-4-14(11-12)26-17-15(5-2-8-23-17)16(25)24-13-6-9-22-10-7-13/h1-11H,(H,22,24,25). The number of pyridine rings is 2. The Balaban J connectivity index is 1.85. The molecule has 1 N–H and O–H groups in total. The maximum Gasteiger partial charge on any atom is 0.416 e. The van der Waals surface area contributed by atoms with E-state index < -0.39 is 17.6 Å². The normalized spacial score (nSPS) is 11.0. The molecule has 5 nitrogen and oxygen atoms in total. The van der Waals surface area contributed by atoms with Crippen molar-refractivity contribution in [2.75, 3.05) is 5.32 Å². The number of ether oxygens (including phenoxy) is 1. The van der Waals surface area contributed by atoms with E-state index in [0.29, 0.717) is 5.69 Å². The predicted octanol–water partition coefficient (Wildman–Crippen LogP) is 4.54. The lowest BCUT2D eigenvalue weighted by atomic mass is 10.2. The van der Waals surface area contributed by atoms with Crippen molar-refractivity contribution in [2.45, 2.75) is 6.18 Å². The van der Waals surface area contributed by atoms with E-state index >= 15 is 0 Å². The van der Waals surface area contributed by atoms with Crippen LogP contribution in [0.3, 0.4) is 0 Å². The number of hydrogen-bond acceptors (Lipinski definition) is 4. The van der Waals surface area contributed by atoms with Gasteiger partial charge in [-0.25, -0.2) is 4.98 Å².